The molecule has 4 N–H and O–H groups in total. The number of amides is 2. The molecule has 7 nitrogen and oxygen atoms in total. The highest BCUT2D eigenvalue weighted by Crippen LogP contribution is 2.19. The summed E-state index contributed by atoms with van der Waals surface area (Å²) in [5.41, 5.74) is 10.3. The second kappa shape index (κ2) is 6.33. The minimum atomic E-state index is -0.595. The molecule has 0 aliphatic rings. The number of halogens is 1. The number of primary amides is 2. The SMILES string of the molecule is CC(C)c1nc(Cl)cc(N(CC(N)=O)CC(N)=O)n1. The van der Waals surface area contributed by atoms with Crippen molar-refractivity contribution in [1.82, 2.24) is 9.97 Å². The van der Waals surface area contributed by atoms with Gasteiger partial charge in [-0.15, -0.1) is 0 Å². The van der Waals surface area contributed by atoms with Gasteiger partial charge in [-0.2, -0.15) is 0 Å². The molecule has 0 atom stereocenters. The van der Waals surface area contributed by atoms with Gasteiger partial charge >= 0.3 is 0 Å². The standard InChI is InChI=1S/C11H16ClN5O2/c1-6(2)11-15-7(12)3-10(16-11)17(4-8(13)18)5-9(14)19/h3,6H,4-5H2,1-2H3,(H2,13,18)(H2,14,19). The van der Waals surface area contributed by atoms with E-state index in [1.165, 1.54) is 11.0 Å². The molecule has 1 aromatic heterocycles. The zero-order chi connectivity index (χ0) is 14.6. The van der Waals surface area contributed by atoms with Gasteiger partial charge in [0.15, 0.2) is 0 Å². The van der Waals surface area contributed by atoms with Crippen LogP contribution in [-0.4, -0.2) is 34.9 Å². The van der Waals surface area contributed by atoms with Crippen molar-refractivity contribution >= 4 is 29.2 Å². The molecule has 1 aromatic rings. The maximum Gasteiger partial charge on any atom is 0.237 e. The number of anilines is 1. The van der Waals surface area contributed by atoms with E-state index >= 15 is 0 Å². The van der Waals surface area contributed by atoms with Crippen LogP contribution in [0.4, 0.5) is 5.82 Å². The van der Waals surface area contributed by atoms with Crippen molar-refractivity contribution in [2.75, 3.05) is 18.0 Å². The fourth-order valence-electron chi connectivity index (χ4n) is 1.44. The van der Waals surface area contributed by atoms with Crippen LogP contribution in [0.3, 0.4) is 0 Å². The van der Waals surface area contributed by atoms with Gasteiger partial charge in [-0.1, -0.05) is 25.4 Å². The van der Waals surface area contributed by atoms with E-state index in [1.54, 1.807) is 0 Å². The normalized spacial score (nSPS) is 10.5. The van der Waals surface area contributed by atoms with E-state index in [9.17, 15) is 9.59 Å². The Morgan fingerprint density at radius 1 is 1.26 bits per heavy atom. The highest BCUT2D eigenvalue weighted by Gasteiger charge is 2.16. The Morgan fingerprint density at radius 3 is 2.21 bits per heavy atom. The monoisotopic (exact) mass is 285 g/mol. The Hall–Kier alpha value is -1.89. The van der Waals surface area contributed by atoms with E-state index in [2.05, 4.69) is 9.97 Å². The molecule has 0 aliphatic heterocycles. The van der Waals surface area contributed by atoms with Crippen molar-refractivity contribution in [2.45, 2.75) is 19.8 Å². The predicted molar refractivity (Wildman–Crippen MR) is 71.7 cm³/mol. The average Bonchev–Trinajstić information content (AvgIpc) is 2.25. The third-order valence-electron chi connectivity index (χ3n) is 2.23. The van der Waals surface area contributed by atoms with E-state index in [0.717, 1.165) is 0 Å². The molecule has 1 heterocycles. The molecule has 1 rings (SSSR count). The minimum absolute atomic E-state index is 0.0569. The van der Waals surface area contributed by atoms with Crippen molar-refractivity contribution in [3.05, 3.63) is 17.0 Å². The van der Waals surface area contributed by atoms with Crippen molar-refractivity contribution in [2.24, 2.45) is 11.5 Å². The first-order valence-corrected chi connectivity index (χ1v) is 6.03. The third-order valence-corrected chi connectivity index (χ3v) is 2.43. The van der Waals surface area contributed by atoms with Crippen molar-refractivity contribution in [3.63, 3.8) is 0 Å². The Labute approximate surface area is 115 Å². The summed E-state index contributed by atoms with van der Waals surface area (Å²) in [6, 6.07) is 1.46. The van der Waals surface area contributed by atoms with E-state index in [1.807, 2.05) is 13.8 Å². The highest BCUT2D eigenvalue weighted by atomic mass is 35.5. The number of carbonyl (C=O) groups excluding carboxylic acids is 2. The number of nitrogens with zero attached hydrogens (tertiary/aromatic N) is 3. The van der Waals surface area contributed by atoms with Crippen LogP contribution in [0.25, 0.3) is 0 Å². The molecule has 0 aromatic carbocycles. The third kappa shape index (κ3) is 4.70. The number of rotatable bonds is 6. The first-order valence-electron chi connectivity index (χ1n) is 5.65. The smallest absolute Gasteiger partial charge is 0.237 e. The summed E-state index contributed by atoms with van der Waals surface area (Å²) in [4.78, 5) is 31.7. The zero-order valence-electron chi connectivity index (χ0n) is 10.8. The van der Waals surface area contributed by atoms with Crippen molar-refractivity contribution < 1.29 is 9.59 Å². The number of hydrogen-bond donors (Lipinski definition) is 2. The lowest BCUT2D eigenvalue weighted by Crippen LogP contribution is -2.40. The number of nitrogens with two attached hydrogens (primary N) is 2. The molecule has 2 amide bonds. The molecular weight excluding hydrogens is 270 g/mol. The van der Waals surface area contributed by atoms with E-state index in [-0.39, 0.29) is 24.2 Å². The molecule has 0 spiro atoms. The molecule has 0 saturated heterocycles. The summed E-state index contributed by atoms with van der Waals surface area (Å²) in [5.74, 6) is -0.270. The molecule has 0 unspecified atom stereocenters. The first-order chi connectivity index (χ1) is 8.79. The Morgan fingerprint density at radius 2 is 1.79 bits per heavy atom. The van der Waals surface area contributed by atoms with Crippen LogP contribution in [0, 0.1) is 0 Å². The summed E-state index contributed by atoms with van der Waals surface area (Å²) in [5, 5.41) is 0.229. The maximum atomic E-state index is 11.0. The van der Waals surface area contributed by atoms with E-state index < -0.39 is 11.8 Å². The lowest BCUT2D eigenvalue weighted by atomic mass is 10.2. The summed E-state index contributed by atoms with van der Waals surface area (Å²) in [6.45, 7) is 3.46. The molecular formula is C11H16ClN5O2. The molecule has 0 bridgehead atoms. The minimum Gasteiger partial charge on any atom is -0.368 e. The zero-order valence-corrected chi connectivity index (χ0v) is 11.5. The lowest BCUT2D eigenvalue weighted by molar-refractivity contribution is -0.117. The van der Waals surface area contributed by atoms with Gasteiger partial charge in [-0.25, -0.2) is 9.97 Å². The summed E-state index contributed by atoms with van der Waals surface area (Å²) >= 11 is 5.90. The van der Waals surface area contributed by atoms with Gasteiger partial charge in [0.1, 0.15) is 16.8 Å². The van der Waals surface area contributed by atoms with Gasteiger partial charge in [0, 0.05) is 12.0 Å². The first kappa shape index (κ1) is 15.2. The molecule has 0 radical (unpaired) electrons. The van der Waals surface area contributed by atoms with Gasteiger partial charge in [0.05, 0.1) is 13.1 Å². The van der Waals surface area contributed by atoms with Crippen LogP contribution >= 0.6 is 11.6 Å². The van der Waals surface area contributed by atoms with Crippen molar-refractivity contribution in [3.8, 4) is 0 Å². The highest BCUT2D eigenvalue weighted by molar-refractivity contribution is 6.29. The number of hydrogen-bond acceptors (Lipinski definition) is 5. The second-order valence-electron chi connectivity index (χ2n) is 4.35. The Balaban J connectivity index is 3.13. The predicted octanol–water partition coefficient (Wildman–Crippen LogP) is 0.0304. The van der Waals surface area contributed by atoms with Crippen LogP contribution in [0.2, 0.25) is 5.15 Å². The van der Waals surface area contributed by atoms with E-state index in [0.29, 0.717) is 11.6 Å². The maximum absolute atomic E-state index is 11.0. The molecule has 8 heteroatoms. The summed E-state index contributed by atoms with van der Waals surface area (Å²) in [6.07, 6.45) is 0. The number of carbonyl (C=O) groups is 2. The largest absolute Gasteiger partial charge is 0.368 e. The van der Waals surface area contributed by atoms with Gasteiger partial charge in [0.25, 0.3) is 0 Å². The van der Waals surface area contributed by atoms with Crippen LogP contribution in [0.15, 0.2) is 6.07 Å². The average molecular weight is 286 g/mol. The summed E-state index contributed by atoms with van der Waals surface area (Å²) < 4.78 is 0. The lowest BCUT2D eigenvalue weighted by Gasteiger charge is -2.21. The fourth-order valence-corrected chi connectivity index (χ4v) is 1.62. The molecule has 0 fully saturated rings. The summed E-state index contributed by atoms with van der Waals surface area (Å²) in [7, 11) is 0. The van der Waals surface area contributed by atoms with Crippen LogP contribution in [0.1, 0.15) is 25.6 Å². The molecule has 19 heavy (non-hydrogen) atoms. The van der Waals surface area contributed by atoms with Gasteiger partial charge in [-0.05, 0) is 0 Å². The van der Waals surface area contributed by atoms with Crippen molar-refractivity contribution in [1.29, 1.82) is 0 Å². The van der Waals surface area contributed by atoms with Crippen LogP contribution in [-0.2, 0) is 9.59 Å². The topological polar surface area (TPSA) is 115 Å². The second-order valence-corrected chi connectivity index (χ2v) is 4.74. The molecule has 0 saturated carbocycles. The quantitative estimate of drug-likeness (QED) is 0.716. The van der Waals surface area contributed by atoms with Crippen LogP contribution < -0.4 is 16.4 Å². The number of aromatic nitrogens is 2. The Bertz CT molecular complexity index is 476. The molecule has 104 valence electrons. The van der Waals surface area contributed by atoms with Gasteiger partial charge < -0.3 is 16.4 Å². The van der Waals surface area contributed by atoms with Gasteiger partial charge in [0.2, 0.25) is 11.8 Å². The van der Waals surface area contributed by atoms with E-state index in [4.69, 9.17) is 23.1 Å². The van der Waals surface area contributed by atoms with Gasteiger partial charge in [-0.3, -0.25) is 9.59 Å². The Kier molecular flexibility index (Phi) is 5.05. The van der Waals surface area contributed by atoms with Crippen LogP contribution in [0.5, 0.6) is 0 Å². The fraction of sp³-hybridized carbons (Fsp3) is 0.455. The molecule has 0 aliphatic carbocycles.